The van der Waals surface area contributed by atoms with Crippen LogP contribution in [0.3, 0.4) is 0 Å². The minimum Gasteiger partial charge on any atom is -0.383 e. The maximum absolute atomic E-state index is 5.30. The highest BCUT2D eigenvalue weighted by Crippen LogP contribution is 2.30. The molecule has 2 aromatic carbocycles. The molecule has 0 aliphatic carbocycles. The number of rotatable bonds is 2. The summed E-state index contributed by atoms with van der Waals surface area (Å²) in [5.74, 6) is 0. The fourth-order valence-electron chi connectivity index (χ4n) is 5.25. The van der Waals surface area contributed by atoms with Gasteiger partial charge in [0.25, 0.3) is 0 Å². The van der Waals surface area contributed by atoms with Crippen LogP contribution in [0.4, 0.5) is 0 Å². The van der Waals surface area contributed by atoms with Gasteiger partial charge in [-0.2, -0.15) is 0 Å². The number of H-pyrrole nitrogens is 2. The van der Waals surface area contributed by atoms with Gasteiger partial charge in [0, 0.05) is 65.5 Å². The van der Waals surface area contributed by atoms with E-state index in [1.165, 1.54) is 44.3 Å². The number of fused-ring (bicyclic) bond motifs is 6. The lowest BCUT2D eigenvalue weighted by molar-refractivity contribution is 0.0948. The third kappa shape index (κ3) is 3.85. The molecule has 5 nitrogen and oxygen atoms in total. The van der Waals surface area contributed by atoms with Crippen LogP contribution in [0.2, 0.25) is 0 Å². The Bertz CT molecular complexity index is 1220. The molecule has 4 heterocycles. The van der Waals surface area contributed by atoms with Gasteiger partial charge in [-0.05, 0) is 57.1 Å². The Morgan fingerprint density at radius 1 is 0.812 bits per heavy atom. The maximum atomic E-state index is 5.30. The van der Waals surface area contributed by atoms with Crippen molar-refractivity contribution in [3.05, 3.63) is 71.0 Å². The van der Waals surface area contributed by atoms with Crippen LogP contribution in [0.25, 0.3) is 21.8 Å². The highest BCUT2D eigenvalue weighted by Gasteiger charge is 2.26. The molecule has 2 unspecified atom stereocenters. The van der Waals surface area contributed by atoms with Gasteiger partial charge in [0.05, 0.1) is 6.61 Å². The second kappa shape index (κ2) is 8.74. The van der Waals surface area contributed by atoms with Crippen molar-refractivity contribution >= 4 is 21.8 Å². The second-order valence-electron chi connectivity index (χ2n) is 9.45. The van der Waals surface area contributed by atoms with Gasteiger partial charge in [-0.1, -0.05) is 36.4 Å². The summed E-state index contributed by atoms with van der Waals surface area (Å²) in [6.45, 7) is 5.13. The summed E-state index contributed by atoms with van der Waals surface area (Å²) in [6.07, 6.45) is 2.24. The Morgan fingerprint density at radius 3 is 1.94 bits per heavy atom. The van der Waals surface area contributed by atoms with Gasteiger partial charge in [-0.25, -0.2) is 0 Å². The van der Waals surface area contributed by atoms with Crippen LogP contribution >= 0.6 is 0 Å². The van der Waals surface area contributed by atoms with Crippen LogP contribution in [0.15, 0.2) is 48.5 Å². The highest BCUT2D eigenvalue weighted by atomic mass is 16.5. The molecule has 2 aliphatic rings. The van der Waals surface area contributed by atoms with Crippen molar-refractivity contribution in [3.8, 4) is 0 Å². The van der Waals surface area contributed by atoms with Gasteiger partial charge in [0.15, 0.2) is 0 Å². The first-order valence-electron chi connectivity index (χ1n) is 11.6. The number of nitrogens with zero attached hydrogens (tertiary/aromatic N) is 2. The molecule has 4 aromatic rings. The lowest BCUT2D eigenvalue weighted by Gasteiger charge is -2.32. The molecule has 2 aliphatic heterocycles. The van der Waals surface area contributed by atoms with Crippen molar-refractivity contribution in [3.63, 3.8) is 0 Å². The molecule has 0 saturated heterocycles. The molecule has 0 radical (unpaired) electrons. The van der Waals surface area contributed by atoms with E-state index in [9.17, 15) is 0 Å². The zero-order valence-electron chi connectivity index (χ0n) is 19.6. The van der Waals surface area contributed by atoms with Crippen LogP contribution in [0.1, 0.15) is 29.4 Å². The number of para-hydroxylation sites is 2. The molecule has 2 N–H and O–H groups in total. The molecule has 6 rings (SSSR count). The van der Waals surface area contributed by atoms with E-state index in [0.29, 0.717) is 12.1 Å². The monoisotopic (exact) mass is 430 g/mol. The van der Waals surface area contributed by atoms with E-state index in [0.717, 1.165) is 32.5 Å². The Hall–Kier alpha value is -2.60. The minimum absolute atomic E-state index is 0.492. The normalized spacial score (nSPS) is 21.2. The smallest absolute Gasteiger partial charge is 0.0621 e. The number of ether oxygens (including phenoxy) is 1. The van der Waals surface area contributed by atoms with Crippen molar-refractivity contribution < 1.29 is 4.74 Å². The van der Waals surface area contributed by atoms with Gasteiger partial charge < -0.3 is 14.7 Å². The fourth-order valence-corrected chi connectivity index (χ4v) is 5.25. The third-order valence-corrected chi connectivity index (χ3v) is 7.29. The Labute approximate surface area is 190 Å². The van der Waals surface area contributed by atoms with Crippen LogP contribution in [-0.4, -0.2) is 59.7 Å². The Balaban J connectivity index is 0.000000136. The molecular formula is C27H34N4O. The molecule has 0 fully saturated rings. The first-order valence-corrected chi connectivity index (χ1v) is 11.6. The zero-order chi connectivity index (χ0) is 22.2. The van der Waals surface area contributed by atoms with Gasteiger partial charge in [-0.15, -0.1) is 0 Å². The van der Waals surface area contributed by atoms with Crippen molar-refractivity contribution in [1.29, 1.82) is 0 Å². The molecule has 2 atom stereocenters. The van der Waals surface area contributed by atoms with Gasteiger partial charge in [0.1, 0.15) is 0 Å². The number of hydrogen-bond acceptors (Lipinski definition) is 3. The molecule has 0 spiro atoms. The highest BCUT2D eigenvalue weighted by molar-refractivity contribution is 5.85. The summed E-state index contributed by atoms with van der Waals surface area (Å²) in [7, 11) is 6.13. The molecular weight excluding hydrogens is 396 g/mol. The number of methoxy groups -OCH3 is 1. The second-order valence-corrected chi connectivity index (χ2v) is 9.45. The van der Waals surface area contributed by atoms with E-state index in [4.69, 9.17) is 4.74 Å². The van der Waals surface area contributed by atoms with Crippen LogP contribution in [0.5, 0.6) is 0 Å². The summed E-state index contributed by atoms with van der Waals surface area (Å²) in [4.78, 5) is 11.8. The number of aromatic nitrogens is 2. The summed E-state index contributed by atoms with van der Waals surface area (Å²) in [5.41, 5.74) is 8.30. The summed E-state index contributed by atoms with van der Waals surface area (Å²) >= 11 is 0. The number of hydrogen-bond donors (Lipinski definition) is 2. The summed E-state index contributed by atoms with van der Waals surface area (Å²) < 4.78 is 5.30. The molecule has 32 heavy (non-hydrogen) atoms. The van der Waals surface area contributed by atoms with Gasteiger partial charge in [-0.3, -0.25) is 9.80 Å². The lowest BCUT2D eigenvalue weighted by atomic mass is 9.98. The minimum atomic E-state index is 0.492. The molecule has 5 heteroatoms. The van der Waals surface area contributed by atoms with E-state index in [1.54, 1.807) is 7.11 Å². The van der Waals surface area contributed by atoms with Gasteiger partial charge in [0.2, 0.25) is 0 Å². The SMILES string of the molecule is CC1Cc2c([nH]c3ccccc23)CN1C.COCC1Cc2c([nH]c3ccccc23)CN1C. The average molecular weight is 431 g/mol. The molecule has 0 amide bonds. The largest absolute Gasteiger partial charge is 0.383 e. The predicted molar refractivity (Wildman–Crippen MR) is 132 cm³/mol. The van der Waals surface area contributed by atoms with E-state index in [2.05, 4.69) is 89.3 Å². The zero-order valence-corrected chi connectivity index (χ0v) is 19.6. The number of likely N-dealkylation sites (N-methyl/N-ethyl adjacent to an activating group) is 2. The molecule has 0 saturated carbocycles. The number of benzene rings is 2. The van der Waals surface area contributed by atoms with E-state index in [1.807, 2.05) is 0 Å². The topological polar surface area (TPSA) is 47.3 Å². The maximum Gasteiger partial charge on any atom is 0.0621 e. The first kappa shape index (κ1) is 21.3. The quantitative estimate of drug-likeness (QED) is 0.484. The van der Waals surface area contributed by atoms with Crippen molar-refractivity contribution in [2.45, 2.75) is 44.9 Å². The number of nitrogens with one attached hydrogen (secondary N) is 2. The van der Waals surface area contributed by atoms with Crippen LogP contribution in [0, 0.1) is 0 Å². The standard InChI is InChI=1S/C14H18N2O.C13H16N2/c1-16-8-14-12(7-10(16)9-17-2)11-5-3-4-6-13(11)15-14;1-9-7-11-10-5-3-4-6-12(10)14-13(11)8-15(9)2/h3-6,10,15H,7-9H2,1-2H3;3-6,9,14H,7-8H2,1-2H3. The summed E-state index contributed by atoms with van der Waals surface area (Å²) in [5, 5.41) is 2.78. The first-order chi connectivity index (χ1) is 15.5. The Morgan fingerprint density at radius 2 is 1.34 bits per heavy atom. The number of aromatic amines is 2. The summed E-state index contributed by atoms with van der Waals surface area (Å²) in [6, 6.07) is 18.3. The van der Waals surface area contributed by atoms with Crippen molar-refractivity contribution in [1.82, 2.24) is 19.8 Å². The third-order valence-electron chi connectivity index (χ3n) is 7.29. The molecule has 0 bridgehead atoms. The van der Waals surface area contributed by atoms with Crippen LogP contribution < -0.4 is 0 Å². The average Bonchev–Trinajstić information content (AvgIpc) is 3.32. The van der Waals surface area contributed by atoms with Crippen molar-refractivity contribution in [2.24, 2.45) is 0 Å². The molecule has 168 valence electrons. The van der Waals surface area contributed by atoms with E-state index in [-0.39, 0.29) is 0 Å². The van der Waals surface area contributed by atoms with E-state index >= 15 is 0 Å². The van der Waals surface area contributed by atoms with Crippen LogP contribution in [-0.2, 0) is 30.7 Å². The van der Waals surface area contributed by atoms with E-state index < -0.39 is 0 Å². The van der Waals surface area contributed by atoms with Crippen molar-refractivity contribution in [2.75, 3.05) is 27.8 Å². The fraction of sp³-hybridized carbons (Fsp3) is 0.407. The lowest BCUT2D eigenvalue weighted by Crippen LogP contribution is -2.40. The Kier molecular flexibility index (Phi) is 5.80. The molecule has 2 aromatic heterocycles. The predicted octanol–water partition coefficient (Wildman–Crippen LogP) is 4.72. The van der Waals surface area contributed by atoms with Gasteiger partial charge >= 0.3 is 0 Å².